The summed E-state index contributed by atoms with van der Waals surface area (Å²) in [6.07, 6.45) is 0. The number of nitrogens with one attached hydrogen (secondary N) is 1. The van der Waals surface area contributed by atoms with Crippen molar-refractivity contribution >= 4 is 43.4 Å². The third-order valence-corrected chi connectivity index (χ3v) is 18.1. The molecule has 9 heteroatoms. The Balaban J connectivity index is 4.73. The van der Waals surface area contributed by atoms with Crippen molar-refractivity contribution in [3.8, 4) is 0 Å². The van der Waals surface area contributed by atoms with Crippen LogP contribution in [0.2, 0.25) is 32.7 Å². The maximum Gasteiger partial charge on any atom is 0.400 e. The molecule has 0 heterocycles. The van der Waals surface area contributed by atoms with E-state index >= 15 is 0 Å². The SMILES string of the molecule is CO[Si](C)(C)O[Si](C)(O[Si](C)(C)OC)I=N. The summed E-state index contributed by atoms with van der Waals surface area (Å²) in [5.74, 6) is 0. The third-order valence-electron chi connectivity index (χ3n) is 2.01. The minimum absolute atomic E-state index is 0.832. The van der Waals surface area contributed by atoms with Crippen LogP contribution in [0.3, 0.4) is 0 Å². The molecule has 0 aromatic carbocycles. The molecule has 0 aromatic heterocycles. The average Bonchev–Trinajstić information content (AvgIpc) is 2.16. The normalized spacial score (nSPS) is 14.2. The van der Waals surface area contributed by atoms with Gasteiger partial charge in [-0.2, -0.15) is 0 Å². The van der Waals surface area contributed by atoms with Crippen LogP contribution >= 0.6 is 20.2 Å². The molecule has 0 fully saturated rings. The third kappa shape index (κ3) is 6.09. The van der Waals surface area contributed by atoms with Gasteiger partial charge in [-0.15, -0.1) is 0 Å². The Morgan fingerprint density at radius 1 is 0.812 bits per heavy atom. The smallest absolute Gasteiger partial charge is 0.400 e. The van der Waals surface area contributed by atoms with E-state index in [2.05, 4.69) is 0 Å². The van der Waals surface area contributed by atoms with Gasteiger partial charge in [0.25, 0.3) is 0 Å². The van der Waals surface area contributed by atoms with E-state index in [1.165, 1.54) is 0 Å². The number of halogens is 1. The van der Waals surface area contributed by atoms with Crippen LogP contribution in [-0.2, 0) is 17.1 Å². The highest BCUT2D eigenvalue weighted by Gasteiger charge is 2.44. The van der Waals surface area contributed by atoms with E-state index in [9.17, 15) is 0 Å². The molecule has 0 aromatic rings. The van der Waals surface area contributed by atoms with Gasteiger partial charge in [0.1, 0.15) is 0 Å². The quantitative estimate of drug-likeness (QED) is 0.409. The van der Waals surface area contributed by atoms with Crippen LogP contribution in [0.15, 0.2) is 0 Å². The van der Waals surface area contributed by atoms with Gasteiger partial charge in [-0.25, -0.2) is 0 Å². The summed E-state index contributed by atoms with van der Waals surface area (Å²) in [4.78, 5) is 0. The predicted molar refractivity (Wildman–Crippen MR) is 79.5 cm³/mol. The van der Waals surface area contributed by atoms with Crippen molar-refractivity contribution in [2.75, 3.05) is 14.2 Å². The first kappa shape index (κ1) is 17.0. The number of hydrogen-bond acceptors (Lipinski definition) is 5. The molecule has 0 aliphatic rings. The molecule has 0 aliphatic heterocycles. The first-order valence-electron chi connectivity index (χ1n) is 4.92. The number of hydrogen-bond donors (Lipinski definition) is 1. The molecule has 0 rings (SSSR count). The zero-order valence-corrected chi connectivity index (χ0v) is 16.2. The van der Waals surface area contributed by atoms with Crippen molar-refractivity contribution in [2.24, 2.45) is 0 Å². The minimum atomic E-state index is -2.39. The second-order valence-electron chi connectivity index (χ2n) is 4.34. The predicted octanol–water partition coefficient (Wildman–Crippen LogP) is 3.02. The molecule has 0 radical (unpaired) electrons. The van der Waals surface area contributed by atoms with Crippen molar-refractivity contribution in [2.45, 2.75) is 32.7 Å². The van der Waals surface area contributed by atoms with Gasteiger partial charge in [0.2, 0.25) is 0 Å². The largest absolute Gasteiger partial charge is 0.407 e. The molecule has 0 saturated carbocycles. The van der Waals surface area contributed by atoms with Crippen molar-refractivity contribution < 1.29 is 17.1 Å². The lowest BCUT2D eigenvalue weighted by molar-refractivity contribution is 0.259. The lowest BCUT2D eigenvalue weighted by atomic mass is 11.8. The Morgan fingerprint density at radius 3 is 1.31 bits per heavy atom. The second-order valence-corrected chi connectivity index (χ2v) is 21.7. The fourth-order valence-electron chi connectivity index (χ4n) is 1.02. The fourth-order valence-corrected chi connectivity index (χ4v) is 21.1. The second kappa shape index (κ2) is 6.26. The average molecular weight is 395 g/mol. The summed E-state index contributed by atoms with van der Waals surface area (Å²) in [6.45, 7) is 9.85. The summed E-state index contributed by atoms with van der Waals surface area (Å²) in [5, 5.41) is 0. The molecule has 0 aliphatic carbocycles. The van der Waals surface area contributed by atoms with E-state index in [4.69, 9.17) is 20.6 Å². The molecule has 1 N–H and O–H groups in total. The maximum absolute atomic E-state index is 7.72. The van der Waals surface area contributed by atoms with Crippen LogP contribution in [-0.4, -0.2) is 37.4 Å². The summed E-state index contributed by atoms with van der Waals surface area (Å²) in [6, 6.07) is -2.39. The standard InChI is InChI=1S/C7H22INO4Si3/c1-10-14(3,4)12-16(7,8-9)13-15(5,6)11-2/h9H,1-7H3. The van der Waals surface area contributed by atoms with Gasteiger partial charge in [-0.05, 0) is 32.7 Å². The summed E-state index contributed by atoms with van der Waals surface area (Å²) in [5.41, 5.74) is 0. The van der Waals surface area contributed by atoms with Crippen molar-refractivity contribution in [3.05, 3.63) is 0 Å². The number of rotatable bonds is 7. The molecular formula is C7H22INO4Si3. The Hall–Kier alpha value is 1.02. The lowest BCUT2D eigenvalue weighted by Gasteiger charge is -2.35. The van der Waals surface area contributed by atoms with Gasteiger partial charge in [0.05, 0.1) is 0 Å². The van der Waals surface area contributed by atoms with Crippen molar-refractivity contribution in [3.63, 3.8) is 0 Å². The van der Waals surface area contributed by atoms with Crippen molar-refractivity contribution in [1.82, 2.24) is 0 Å². The van der Waals surface area contributed by atoms with Crippen molar-refractivity contribution in [1.29, 1.82) is 3.56 Å². The molecule has 16 heavy (non-hydrogen) atoms. The van der Waals surface area contributed by atoms with Gasteiger partial charge in [0, 0.05) is 34.5 Å². The monoisotopic (exact) mass is 395 g/mol. The zero-order chi connectivity index (χ0) is 13.0. The lowest BCUT2D eigenvalue weighted by Crippen LogP contribution is -2.52. The topological polar surface area (TPSA) is 60.8 Å². The molecule has 0 unspecified atom stereocenters. The zero-order valence-electron chi connectivity index (χ0n) is 11.0. The van der Waals surface area contributed by atoms with Crippen LogP contribution in [0.1, 0.15) is 0 Å². The van der Waals surface area contributed by atoms with E-state index in [1.807, 2.05) is 32.7 Å². The first-order chi connectivity index (χ1) is 7.10. The van der Waals surface area contributed by atoms with E-state index in [0.717, 1.165) is 0 Å². The minimum Gasteiger partial charge on any atom is -0.407 e. The van der Waals surface area contributed by atoms with Crippen LogP contribution in [0.4, 0.5) is 0 Å². The van der Waals surface area contributed by atoms with Gasteiger partial charge in [-0.3, -0.25) is 3.56 Å². The Kier molecular flexibility index (Phi) is 6.66. The summed E-state index contributed by atoms with van der Waals surface area (Å²) < 4.78 is 30.5. The van der Waals surface area contributed by atoms with E-state index in [1.54, 1.807) is 14.2 Å². The Morgan fingerprint density at radius 2 is 1.12 bits per heavy atom. The fraction of sp³-hybridized carbons (Fsp3) is 1.00. The van der Waals surface area contributed by atoms with Crippen LogP contribution in [0.25, 0.3) is 0 Å². The maximum atomic E-state index is 7.72. The van der Waals surface area contributed by atoms with E-state index in [0.29, 0.717) is 0 Å². The molecule has 5 nitrogen and oxygen atoms in total. The molecule has 0 amide bonds. The van der Waals surface area contributed by atoms with Gasteiger partial charge >= 0.3 is 23.2 Å². The highest BCUT2D eigenvalue weighted by Crippen LogP contribution is 2.29. The summed E-state index contributed by atoms with van der Waals surface area (Å²) >= 11 is -0.832. The van der Waals surface area contributed by atoms with E-state index in [-0.39, 0.29) is 0 Å². The van der Waals surface area contributed by atoms with Crippen LogP contribution in [0.5, 0.6) is 0 Å². The molecule has 0 bridgehead atoms. The Labute approximate surface area is 111 Å². The molecule has 0 atom stereocenters. The van der Waals surface area contributed by atoms with Crippen LogP contribution < -0.4 is 0 Å². The first-order valence-corrected chi connectivity index (χ1v) is 17.1. The van der Waals surface area contributed by atoms with Crippen LogP contribution in [0, 0.1) is 3.56 Å². The van der Waals surface area contributed by atoms with Gasteiger partial charge in [0.15, 0.2) is 0 Å². The molecule has 98 valence electrons. The molecular weight excluding hydrogens is 373 g/mol. The van der Waals surface area contributed by atoms with Gasteiger partial charge < -0.3 is 17.1 Å². The molecule has 0 saturated heterocycles. The highest BCUT2D eigenvalue weighted by molar-refractivity contribution is 14.2. The Bertz CT molecular complexity index is 234. The summed E-state index contributed by atoms with van der Waals surface area (Å²) in [7, 11) is -0.961. The highest BCUT2D eigenvalue weighted by atomic mass is 127. The van der Waals surface area contributed by atoms with Gasteiger partial charge in [-0.1, -0.05) is 0 Å². The molecule has 0 spiro atoms. The van der Waals surface area contributed by atoms with E-state index < -0.39 is 43.4 Å².